The third-order valence-corrected chi connectivity index (χ3v) is 7.30. The van der Waals surface area contributed by atoms with Crippen LogP contribution < -0.4 is 15.1 Å². The van der Waals surface area contributed by atoms with E-state index in [1.807, 2.05) is 37.3 Å². The molecule has 3 heterocycles. The smallest absolute Gasteiger partial charge is 0.227 e. The van der Waals surface area contributed by atoms with E-state index in [0.29, 0.717) is 29.6 Å². The summed E-state index contributed by atoms with van der Waals surface area (Å²) in [4.78, 5) is 25.4. The van der Waals surface area contributed by atoms with Gasteiger partial charge in [-0.15, -0.1) is 4.91 Å². The van der Waals surface area contributed by atoms with Gasteiger partial charge in [0.05, 0.1) is 16.5 Å². The van der Waals surface area contributed by atoms with Crippen LogP contribution in [0.15, 0.2) is 58.6 Å². The third kappa shape index (κ3) is 4.08. The molecule has 0 amide bonds. The SMILES string of the molecule is Cc1cccc(Nc2nc(N3CCN(c4ccc(N=O)cc4)CC3)nc3c2S(=O)CC3)c1. The fourth-order valence-corrected chi connectivity index (χ4v) is 5.46. The van der Waals surface area contributed by atoms with E-state index in [1.165, 1.54) is 0 Å². The van der Waals surface area contributed by atoms with Gasteiger partial charge in [0, 0.05) is 49.7 Å². The third-order valence-electron chi connectivity index (χ3n) is 5.84. The summed E-state index contributed by atoms with van der Waals surface area (Å²) in [7, 11) is -1.08. The van der Waals surface area contributed by atoms with Gasteiger partial charge in [0.15, 0.2) is 5.82 Å². The van der Waals surface area contributed by atoms with Crippen LogP contribution >= 0.6 is 0 Å². The number of aromatic nitrogens is 2. The van der Waals surface area contributed by atoms with E-state index in [4.69, 9.17) is 9.97 Å². The van der Waals surface area contributed by atoms with Crippen molar-refractivity contribution in [2.75, 3.05) is 47.0 Å². The van der Waals surface area contributed by atoms with Gasteiger partial charge < -0.3 is 15.1 Å². The number of anilines is 4. The number of hydrogen-bond acceptors (Lipinski definition) is 8. The molecule has 3 aromatic rings. The van der Waals surface area contributed by atoms with Gasteiger partial charge in [-0.3, -0.25) is 4.21 Å². The van der Waals surface area contributed by atoms with Gasteiger partial charge in [-0.1, -0.05) is 12.1 Å². The second kappa shape index (κ2) is 8.66. The number of nitroso groups, excluding NO2 is 1. The lowest BCUT2D eigenvalue weighted by molar-refractivity contribution is 0.638. The fourth-order valence-electron chi connectivity index (χ4n) is 4.16. The van der Waals surface area contributed by atoms with Gasteiger partial charge in [0.25, 0.3) is 0 Å². The first-order valence-electron chi connectivity index (χ1n) is 10.7. The molecule has 32 heavy (non-hydrogen) atoms. The second-order valence-corrected chi connectivity index (χ2v) is 9.53. The Hall–Kier alpha value is -3.33. The Morgan fingerprint density at radius 3 is 2.47 bits per heavy atom. The minimum atomic E-state index is -1.08. The van der Waals surface area contributed by atoms with E-state index in [0.717, 1.165) is 53.7 Å². The van der Waals surface area contributed by atoms with Crippen molar-refractivity contribution >= 4 is 39.6 Å². The van der Waals surface area contributed by atoms with Crippen molar-refractivity contribution in [3.05, 3.63) is 64.7 Å². The molecule has 1 saturated heterocycles. The normalized spacial score (nSPS) is 17.8. The number of hydrogen-bond donors (Lipinski definition) is 1. The van der Waals surface area contributed by atoms with Gasteiger partial charge >= 0.3 is 0 Å². The Bertz CT molecular complexity index is 1180. The van der Waals surface area contributed by atoms with Crippen molar-refractivity contribution in [2.45, 2.75) is 18.2 Å². The van der Waals surface area contributed by atoms with E-state index in [2.05, 4.69) is 26.4 Å². The van der Waals surface area contributed by atoms with Crippen LogP contribution in [0.3, 0.4) is 0 Å². The van der Waals surface area contributed by atoms with Crippen LogP contribution in [0, 0.1) is 11.8 Å². The van der Waals surface area contributed by atoms with Crippen LogP contribution in [0.4, 0.5) is 28.8 Å². The second-order valence-electron chi connectivity index (χ2n) is 8.02. The molecule has 5 rings (SSSR count). The largest absolute Gasteiger partial charge is 0.368 e. The number of benzene rings is 2. The summed E-state index contributed by atoms with van der Waals surface area (Å²) in [5.74, 6) is 1.92. The maximum absolute atomic E-state index is 12.6. The van der Waals surface area contributed by atoms with Crippen LogP contribution in [0.5, 0.6) is 0 Å². The predicted octanol–water partition coefficient (Wildman–Crippen LogP) is 3.92. The van der Waals surface area contributed by atoms with E-state index >= 15 is 0 Å². The Kier molecular flexibility index (Phi) is 5.57. The van der Waals surface area contributed by atoms with Crippen molar-refractivity contribution in [2.24, 2.45) is 5.18 Å². The minimum Gasteiger partial charge on any atom is -0.368 e. The summed E-state index contributed by atoms with van der Waals surface area (Å²) >= 11 is 0. The Morgan fingerprint density at radius 2 is 1.75 bits per heavy atom. The number of nitrogens with one attached hydrogen (secondary N) is 1. The van der Waals surface area contributed by atoms with E-state index in [-0.39, 0.29) is 0 Å². The minimum absolute atomic E-state index is 0.435. The van der Waals surface area contributed by atoms with Crippen molar-refractivity contribution in [1.82, 2.24) is 9.97 Å². The molecule has 1 atom stereocenters. The first kappa shape index (κ1) is 20.6. The van der Waals surface area contributed by atoms with Crippen LogP contribution in [-0.4, -0.2) is 46.1 Å². The highest BCUT2D eigenvalue weighted by atomic mass is 32.2. The molecule has 1 N–H and O–H groups in total. The van der Waals surface area contributed by atoms with E-state index in [9.17, 15) is 9.12 Å². The Morgan fingerprint density at radius 1 is 1.00 bits per heavy atom. The molecule has 2 aromatic carbocycles. The molecular formula is C23H24N6O2S. The first-order chi connectivity index (χ1) is 15.6. The Labute approximate surface area is 189 Å². The summed E-state index contributed by atoms with van der Waals surface area (Å²) in [6.07, 6.45) is 0.705. The van der Waals surface area contributed by atoms with Crippen molar-refractivity contribution in [3.63, 3.8) is 0 Å². The standard InChI is InChI=1S/C23H24N6O2S/c1-16-3-2-4-18(15-16)24-22-21-20(9-14-32(21)31)25-23(26-22)29-12-10-28(11-13-29)19-7-5-17(27-30)6-8-19/h2-8,15H,9-14H2,1H3,(H,24,25,26). The number of piperazine rings is 1. The van der Waals surface area contributed by atoms with Gasteiger partial charge in [0.2, 0.25) is 5.95 Å². The zero-order valence-electron chi connectivity index (χ0n) is 17.8. The number of fused-ring (bicyclic) bond motifs is 1. The van der Waals surface area contributed by atoms with Crippen molar-refractivity contribution in [3.8, 4) is 0 Å². The summed E-state index contributed by atoms with van der Waals surface area (Å²) in [6.45, 7) is 5.24. The molecule has 1 aromatic heterocycles. The highest BCUT2D eigenvalue weighted by Gasteiger charge is 2.28. The molecule has 2 aliphatic heterocycles. The monoisotopic (exact) mass is 448 g/mol. The molecule has 9 heteroatoms. The average molecular weight is 449 g/mol. The summed E-state index contributed by atoms with van der Waals surface area (Å²) in [6, 6.07) is 15.4. The topological polar surface area (TPSA) is 90.8 Å². The maximum atomic E-state index is 12.6. The average Bonchev–Trinajstić information content (AvgIpc) is 3.20. The molecule has 0 saturated carbocycles. The first-order valence-corrected chi connectivity index (χ1v) is 12.0. The Balaban J connectivity index is 1.37. The molecule has 164 valence electrons. The lowest BCUT2D eigenvalue weighted by Gasteiger charge is -2.36. The molecule has 0 spiro atoms. The summed E-state index contributed by atoms with van der Waals surface area (Å²) in [5, 5.41) is 6.35. The summed E-state index contributed by atoms with van der Waals surface area (Å²) < 4.78 is 12.6. The molecule has 1 fully saturated rings. The lowest BCUT2D eigenvalue weighted by Crippen LogP contribution is -2.47. The number of aryl methyl sites for hydroxylation is 2. The van der Waals surface area contributed by atoms with E-state index in [1.54, 1.807) is 12.1 Å². The number of nitrogens with zero attached hydrogens (tertiary/aromatic N) is 5. The van der Waals surface area contributed by atoms with Crippen LogP contribution in [-0.2, 0) is 17.2 Å². The van der Waals surface area contributed by atoms with Gasteiger partial charge in [-0.2, -0.15) is 4.98 Å². The maximum Gasteiger partial charge on any atom is 0.227 e. The van der Waals surface area contributed by atoms with Crippen LogP contribution in [0.2, 0.25) is 0 Å². The highest BCUT2D eigenvalue weighted by Crippen LogP contribution is 2.32. The fraction of sp³-hybridized carbons (Fsp3) is 0.304. The zero-order valence-corrected chi connectivity index (χ0v) is 18.6. The quantitative estimate of drug-likeness (QED) is 0.592. The van der Waals surface area contributed by atoms with E-state index < -0.39 is 10.8 Å². The molecular weight excluding hydrogens is 424 g/mol. The molecule has 2 aliphatic rings. The molecule has 0 aliphatic carbocycles. The lowest BCUT2D eigenvalue weighted by atomic mass is 10.2. The highest BCUT2D eigenvalue weighted by molar-refractivity contribution is 7.85. The van der Waals surface area contributed by atoms with Gasteiger partial charge in [0.1, 0.15) is 10.6 Å². The van der Waals surface area contributed by atoms with Crippen molar-refractivity contribution in [1.29, 1.82) is 0 Å². The zero-order chi connectivity index (χ0) is 22.1. The molecule has 0 radical (unpaired) electrons. The molecule has 8 nitrogen and oxygen atoms in total. The summed E-state index contributed by atoms with van der Waals surface area (Å²) in [5.41, 5.74) is 4.46. The van der Waals surface area contributed by atoms with Crippen LogP contribution in [0.25, 0.3) is 0 Å². The molecule has 1 unspecified atom stereocenters. The predicted molar refractivity (Wildman–Crippen MR) is 128 cm³/mol. The van der Waals surface area contributed by atoms with Gasteiger partial charge in [-0.25, -0.2) is 4.98 Å². The number of rotatable bonds is 5. The van der Waals surface area contributed by atoms with Crippen LogP contribution in [0.1, 0.15) is 11.3 Å². The van der Waals surface area contributed by atoms with Crippen molar-refractivity contribution < 1.29 is 4.21 Å². The molecule has 0 bridgehead atoms. The van der Waals surface area contributed by atoms with Gasteiger partial charge in [-0.05, 0) is 54.1 Å².